The molecule has 2 saturated heterocycles. The second-order valence-corrected chi connectivity index (χ2v) is 16.1. The third kappa shape index (κ3) is 5.25. The number of benzene rings is 3. The van der Waals surface area contributed by atoms with Crippen LogP contribution in [0.3, 0.4) is 0 Å². The van der Waals surface area contributed by atoms with Crippen LogP contribution in [0.1, 0.15) is 50.7 Å². The van der Waals surface area contributed by atoms with Crippen molar-refractivity contribution < 1.29 is 33.8 Å². The van der Waals surface area contributed by atoms with E-state index >= 15 is 4.79 Å². The summed E-state index contributed by atoms with van der Waals surface area (Å²) in [7, 11) is 2.97. The van der Waals surface area contributed by atoms with Crippen molar-refractivity contribution in [3.05, 3.63) is 91.9 Å². The van der Waals surface area contributed by atoms with Gasteiger partial charge in [0.15, 0.2) is 11.5 Å². The first-order valence-electron chi connectivity index (χ1n) is 16.5. The standard InChI is InChI=1S/C38H36BrCl2N3O7/c1-37(2,3)43-33(46)23-12-11-22-24(30(23)35(43)48)17-25-34(47)44(42-28-13-8-20(40)16-27(28)41)36(49)38(25,19-6-9-21(50-4)10-7-19)31(22)18-14-26(39)32(45)29(15-18)51-5/h6-11,13-16,23-25,30-31,42,45H,12,17H2,1-5H3/t23-,24+,25-,30-,31-,38+/m0/s1. The lowest BCUT2D eigenvalue weighted by Crippen LogP contribution is -2.53. The number of rotatable bonds is 6. The number of hydrogen-bond acceptors (Lipinski definition) is 8. The lowest BCUT2D eigenvalue weighted by Gasteiger charge is -2.50. The molecule has 13 heteroatoms. The largest absolute Gasteiger partial charge is 0.503 e. The van der Waals surface area contributed by atoms with Crippen LogP contribution in [-0.2, 0) is 24.6 Å². The molecule has 0 unspecified atom stereocenters. The number of hydrazine groups is 1. The van der Waals surface area contributed by atoms with Gasteiger partial charge in [0.2, 0.25) is 11.8 Å². The van der Waals surface area contributed by atoms with Crippen molar-refractivity contribution in [3.63, 3.8) is 0 Å². The summed E-state index contributed by atoms with van der Waals surface area (Å²) >= 11 is 16.2. The van der Waals surface area contributed by atoms with Crippen LogP contribution in [-0.4, -0.2) is 58.4 Å². The van der Waals surface area contributed by atoms with Gasteiger partial charge < -0.3 is 14.6 Å². The Morgan fingerprint density at radius 1 is 0.922 bits per heavy atom. The summed E-state index contributed by atoms with van der Waals surface area (Å²) in [5.74, 6) is -4.70. The lowest BCUT2D eigenvalue weighted by atomic mass is 9.49. The highest BCUT2D eigenvalue weighted by Gasteiger charge is 2.70. The highest BCUT2D eigenvalue weighted by Crippen LogP contribution is 2.65. The number of nitrogens with zero attached hydrogens (tertiary/aromatic N) is 2. The first-order valence-corrected chi connectivity index (χ1v) is 18.1. The van der Waals surface area contributed by atoms with E-state index in [4.69, 9.17) is 32.7 Å². The van der Waals surface area contributed by atoms with Gasteiger partial charge in [-0.25, -0.2) is 0 Å². The van der Waals surface area contributed by atoms with Crippen LogP contribution >= 0.6 is 39.1 Å². The molecule has 4 amide bonds. The van der Waals surface area contributed by atoms with Crippen molar-refractivity contribution >= 4 is 68.4 Å². The summed E-state index contributed by atoms with van der Waals surface area (Å²) in [6, 6.07) is 15.1. The Kier molecular flexibility index (Phi) is 8.71. The number of hydrogen-bond donors (Lipinski definition) is 2. The summed E-state index contributed by atoms with van der Waals surface area (Å²) in [6.45, 7) is 5.49. The van der Waals surface area contributed by atoms with Gasteiger partial charge in [-0.05, 0) is 109 Å². The molecule has 2 heterocycles. The van der Waals surface area contributed by atoms with E-state index in [-0.39, 0.29) is 41.2 Å². The van der Waals surface area contributed by atoms with E-state index in [2.05, 4.69) is 21.4 Å². The number of imide groups is 2. The molecular formula is C38H36BrCl2N3O7. The fourth-order valence-electron chi connectivity index (χ4n) is 8.80. The molecule has 51 heavy (non-hydrogen) atoms. The van der Waals surface area contributed by atoms with E-state index in [1.807, 2.05) is 26.8 Å². The number of methoxy groups -OCH3 is 2. The number of phenolic OH excluding ortho intramolecular Hbond substituents is 1. The summed E-state index contributed by atoms with van der Waals surface area (Å²) in [5, 5.41) is 12.5. The van der Waals surface area contributed by atoms with E-state index < -0.39 is 52.4 Å². The molecule has 10 nitrogen and oxygen atoms in total. The first kappa shape index (κ1) is 35.3. The van der Waals surface area contributed by atoms with Crippen LogP contribution in [0.15, 0.2) is 70.7 Å². The van der Waals surface area contributed by atoms with E-state index in [1.165, 1.54) is 18.1 Å². The van der Waals surface area contributed by atoms with Gasteiger partial charge in [0.1, 0.15) is 5.75 Å². The monoisotopic (exact) mass is 795 g/mol. The Morgan fingerprint density at radius 2 is 1.63 bits per heavy atom. The van der Waals surface area contributed by atoms with Crippen molar-refractivity contribution in [2.75, 3.05) is 19.6 Å². The maximum atomic E-state index is 15.4. The number of halogens is 3. The molecule has 2 aliphatic carbocycles. The molecule has 7 rings (SSSR count). The van der Waals surface area contributed by atoms with Crippen LogP contribution < -0.4 is 14.9 Å². The predicted octanol–water partition coefficient (Wildman–Crippen LogP) is 7.26. The Balaban J connectivity index is 1.49. The number of likely N-dealkylation sites (tertiary alicyclic amines) is 1. The summed E-state index contributed by atoms with van der Waals surface area (Å²) < 4.78 is 11.4. The second kappa shape index (κ2) is 12.6. The minimum Gasteiger partial charge on any atom is -0.503 e. The number of anilines is 1. The molecule has 266 valence electrons. The van der Waals surface area contributed by atoms with E-state index in [0.29, 0.717) is 32.1 Å². The Labute approximate surface area is 313 Å². The normalized spacial score (nSPS) is 27.2. The van der Waals surface area contributed by atoms with Crippen LogP contribution in [0, 0.1) is 23.7 Å². The molecule has 2 N–H and O–H groups in total. The summed E-state index contributed by atoms with van der Waals surface area (Å²) in [4.78, 5) is 59.8. The smallest absolute Gasteiger partial charge is 0.260 e. The van der Waals surface area contributed by atoms with Crippen molar-refractivity contribution in [2.45, 2.75) is 50.5 Å². The zero-order chi connectivity index (χ0) is 36.7. The molecule has 3 aromatic carbocycles. The molecule has 0 radical (unpaired) electrons. The number of carbonyl (C=O) groups is 4. The molecular weight excluding hydrogens is 761 g/mol. The number of allylic oxidation sites excluding steroid dienone is 2. The zero-order valence-electron chi connectivity index (χ0n) is 28.5. The number of phenols is 1. The average molecular weight is 798 g/mol. The molecule has 6 atom stereocenters. The molecule has 3 aromatic rings. The van der Waals surface area contributed by atoms with Crippen LogP contribution in [0.5, 0.6) is 17.2 Å². The molecule has 0 spiro atoms. The van der Waals surface area contributed by atoms with Crippen LogP contribution in [0.4, 0.5) is 5.69 Å². The van der Waals surface area contributed by atoms with Gasteiger partial charge in [0, 0.05) is 16.5 Å². The molecule has 0 bridgehead atoms. The highest BCUT2D eigenvalue weighted by molar-refractivity contribution is 9.10. The molecule has 0 aromatic heterocycles. The van der Waals surface area contributed by atoms with Gasteiger partial charge in [0.05, 0.1) is 52.6 Å². The minimum absolute atomic E-state index is 0.125. The maximum absolute atomic E-state index is 15.4. The van der Waals surface area contributed by atoms with Gasteiger partial charge in [0.25, 0.3) is 11.8 Å². The number of fused-ring (bicyclic) bond motifs is 4. The SMILES string of the molecule is COc1ccc([C@@]23C(=O)N(Nc4ccc(Cl)cc4Cl)C(=O)[C@@H]2C[C@@H]2C(=CC[C@@H]4C(=O)N(C(C)(C)C)C(=O)[C@@H]42)[C@@H]3c2cc(Br)c(O)c(OC)c2)cc1. The van der Waals surface area contributed by atoms with Crippen molar-refractivity contribution in [3.8, 4) is 17.2 Å². The molecule has 3 fully saturated rings. The van der Waals surface area contributed by atoms with E-state index in [1.54, 1.807) is 55.6 Å². The number of aromatic hydroxyl groups is 1. The molecule has 4 aliphatic rings. The maximum Gasteiger partial charge on any atom is 0.260 e. The van der Waals surface area contributed by atoms with Gasteiger partial charge in [-0.3, -0.25) is 29.5 Å². The Hall–Kier alpha value is -4.06. The van der Waals surface area contributed by atoms with Gasteiger partial charge in [-0.2, -0.15) is 5.01 Å². The fourth-order valence-corrected chi connectivity index (χ4v) is 9.71. The summed E-state index contributed by atoms with van der Waals surface area (Å²) in [6.07, 6.45) is 2.39. The van der Waals surface area contributed by atoms with Gasteiger partial charge >= 0.3 is 0 Å². The number of ether oxygens (including phenoxy) is 2. The van der Waals surface area contributed by atoms with Crippen molar-refractivity contribution in [1.29, 1.82) is 0 Å². The Bertz CT molecular complexity index is 2030. The Morgan fingerprint density at radius 3 is 2.25 bits per heavy atom. The lowest BCUT2D eigenvalue weighted by molar-refractivity contribution is -0.146. The van der Waals surface area contributed by atoms with Crippen molar-refractivity contribution in [1.82, 2.24) is 9.91 Å². The third-order valence-electron chi connectivity index (χ3n) is 10.9. The highest BCUT2D eigenvalue weighted by atomic mass is 79.9. The minimum atomic E-state index is -1.55. The van der Waals surface area contributed by atoms with E-state index in [0.717, 1.165) is 10.6 Å². The third-order valence-corrected chi connectivity index (χ3v) is 12.0. The number of carbonyl (C=O) groups excluding carboxylic acids is 4. The van der Waals surface area contributed by atoms with Gasteiger partial charge in [-0.1, -0.05) is 47.0 Å². The zero-order valence-corrected chi connectivity index (χ0v) is 31.6. The van der Waals surface area contributed by atoms with Crippen LogP contribution in [0.2, 0.25) is 10.0 Å². The van der Waals surface area contributed by atoms with E-state index in [9.17, 15) is 19.5 Å². The van der Waals surface area contributed by atoms with Gasteiger partial charge in [-0.15, -0.1) is 0 Å². The fraction of sp³-hybridized carbons (Fsp3) is 0.368. The molecule has 1 saturated carbocycles. The number of nitrogens with one attached hydrogen (secondary N) is 1. The quantitative estimate of drug-likeness (QED) is 0.197. The topological polar surface area (TPSA) is 125 Å². The second-order valence-electron chi connectivity index (χ2n) is 14.4. The number of amides is 4. The van der Waals surface area contributed by atoms with Crippen molar-refractivity contribution in [2.24, 2.45) is 23.7 Å². The first-order chi connectivity index (χ1) is 24.1. The predicted molar refractivity (Wildman–Crippen MR) is 195 cm³/mol. The van der Waals surface area contributed by atoms with Crippen LogP contribution in [0.25, 0.3) is 0 Å². The summed E-state index contributed by atoms with van der Waals surface area (Å²) in [5.41, 5.74) is 2.88. The average Bonchev–Trinajstić information content (AvgIpc) is 3.48. The molecule has 2 aliphatic heterocycles.